The Balaban J connectivity index is 1.55. The second kappa shape index (κ2) is 8.44. The smallest absolute Gasteiger partial charge is 0.191 e. The lowest BCUT2D eigenvalue weighted by Crippen LogP contribution is -2.36. The third-order valence-corrected chi connectivity index (χ3v) is 4.88. The number of hydrogen-bond donors (Lipinski definition) is 2. The van der Waals surface area contributed by atoms with Crippen molar-refractivity contribution in [1.29, 1.82) is 0 Å². The van der Waals surface area contributed by atoms with Crippen LogP contribution >= 0.6 is 11.3 Å². The standard InChI is InChI=1S/C20H22N4S/c1-15-8-6-7-11-17(15)12-22-20(21-2)23-13-18-14-25-19(24-18)16-9-4-3-5-10-16/h3-11,14H,12-13H2,1-2H3,(H2,21,22,23). The van der Waals surface area contributed by atoms with Crippen LogP contribution in [0.1, 0.15) is 16.8 Å². The zero-order chi connectivity index (χ0) is 17.5. The number of aryl methyl sites for hydroxylation is 1. The average molecular weight is 350 g/mol. The van der Waals surface area contributed by atoms with Gasteiger partial charge in [0.1, 0.15) is 5.01 Å². The zero-order valence-corrected chi connectivity index (χ0v) is 15.3. The van der Waals surface area contributed by atoms with E-state index in [-0.39, 0.29) is 0 Å². The van der Waals surface area contributed by atoms with Gasteiger partial charge < -0.3 is 10.6 Å². The minimum Gasteiger partial charge on any atom is -0.352 e. The molecule has 0 fully saturated rings. The maximum absolute atomic E-state index is 4.69. The molecule has 2 N–H and O–H groups in total. The molecule has 0 aliphatic rings. The molecule has 1 aromatic heterocycles. The maximum Gasteiger partial charge on any atom is 0.191 e. The van der Waals surface area contributed by atoms with E-state index in [0.29, 0.717) is 6.54 Å². The predicted octanol–water partition coefficient (Wildman–Crippen LogP) is 3.98. The number of aromatic nitrogens is 1. The fraction of sp³-hybridized carbons (Fsp3) is 0.200. The Morgan fingerprint density at radius 2 is 1.72 bits per heavy atom. The van der Waals surface area contributed by atoms with Crippen molar-refractivity contribution in [3.8, 4) is 10.6 Å². The monoisotopic (exact) mass is 350 g/mol. The molecule has 0 bridgehead atoms. The predicted molar refractivity (Wildman–Crippen MR) is 106 cm³/mol. The van der Waals surface area contributed by atoms with Crippen LogP contribution in [-0.4, -0.2) is 18.0 Å². The van der Waals surface area contributed by atoms with Crippen molar-refractivity contribution in [2.24, 2.45) is 4.99 Å². The molecule has 5 heteroatoms. The minimum atomic E-state index is 0.650. The summed E-state index contributed by atoms with van der Waals surface area (Å²) in [6.45, 7) is 3.52. The van der Waals surface area contributed by atoms with Gasteiger partial charge in [-0.05, 0) is 18.1 Å². The van der Waals surface area contributed by atoms with Crippen molar-refractivity contribution >= 4 is 17.3 Å². The zero-order valence-electron chi connectivity index (χ0n) is 14.5. The highest BCUT2D eigenvalue weighted by atomic mass is 32.1. The first-order valence-electron chi connectivity index (χ1n) is 8.25. The first-order valence-corrected chi connectivity index (χ1v) is 9.13. The first kappa shape index (κ1) is 17.2. The van der Waals surface area contributed by atoms with Crippen LogP contribution in [-0.2, 0) is 13.1 Å². The van der Waals surface area contributed by atoms with E-state index in [9.17, 15) is 0 Å². The van der Waals surface area contributed by atoms with Crippen molar-refractivity contribution in [3.05, 3.63) is 76.8 Å². The summed E-state index contributed by atoms with van der Waals surface area (Å²) in [6.07, 6.45) is 0. The molecule has 1 heterocycles. The summed E-state index contributed by atoms with van der Waals surface area (Å²) in [5.41, 5.74) is 4.71. The van der Waals surface area contributed by atoms with E-state index in [4.69, 9.17) is 4.98 Å². The molecular formula is C20H22N4S. The number of thiazole rings is 1. The Labute approximate surface area is 152 Å². The van der Waals surface area contributed by atoms with E-state index in [2.05, 4.69) is 64.3 Å². The van der Waals surface area contributed by atoms with E-state index in [1.54, 1.807) is 18.4 Å². The highest BCUT2D eigenvalue weighted by Crippen LogP contribution is 2.23. The molecule has 0 saturated heterocycles. The molecule has 0 spiro atoms. The Morgan fingerprint density at radius 1 is 1.00 bits per heavy atom. The first-order chi connectivity index (χ1) is 12.3. The Bertz CT molecular complexity index is 840. The largest absolute Gasteiger partial charge is 0.352 e. The summed E-state index contributed by atoms with van der Waals surface area (Å²) in [5.74, 6) is 0.775. The fourth-order valence-electron chi connectivity index (χ4n) is 2.48. The Morgan fingerprint density at radius 3 is 2.48 bits per heavy atom. The summed E-state index contributed by atoms with van der Waals surface area (Å²) < 4.78 is 0. The van der Waals surface area contributed by atoms with Crippen molar-refractivity contribution < 1.29 is 0 Å². The van der Waals surface area contributed by atoms with E-state index in [1.165, 1.54) is 11.1 Å². The van der Waals surface area contributed by atoms with E-state index in [1.807, 2.05) is 18.2 Å². The van der Waals surface area contributed by atoms with Gasteiger partial charge in [-0.1, -0.05) is 54.6 Å². The van der Waals surface area contributed by atoms with Crippen molar-refractivity contribution in [1.82, 2.24) is 15.6 Å². The second-order valence-electron chi connectivity index (χ2n) is 5.72. The molecule has 0 aliphatic carbocycles. The number of guanidine groups is 1. The lowest BCUT2D eigenvalue weighted by atomic mass is 10.1. The van der Waals surface area contributed by atoms with Crippen LogP contribution in [0.25, 0.3) is 10.6 Å². The highest BCUT2D eigenvalue weighted by molar-refractivity contribution is 7.13. The van der Waals surface area contributed by atoms with E-state index in [0.717, 1.165) is 28.8 Å². The van der Waals surface area contributed by atoms with Crippen LogP contribution in [0, 0.1) is 6.92 Å². The van der Waals surface area contributed by atoms with Gasteiger partial charge >= 0.3 is 0 Å². The molecule has 2 aromatic carbocycles. The molecule has 0 atom stereocenters. The van der Waals surface area contributed by atoms with Crippen LogP contribution < -0.4 is 10.6 Å². The van der Waals surface area contributed by atoms with Gasteiger partial charge in [0.25, 0.3) is 0 Å². The van der Waals surface area contributed by atoms with Gasteiger partial charge in [0.2, 0.25) is 0 Å². The van der Waals surface area contributed by atoms with Gasteiger partial charge in [0, 0.05) is 24.5 Å². The molecule has 128 valence electrons. The number of nitrogens with one attached hydrogen (secondary N) is 2. The van der Waals surface area contributed by atoms with E-state index >= 15 is 0 Å². The molecular weight excluding hydrogens is 328 g/mol. The molecule has 3 rings (SSSR count). The van der Waals surface area contributed by atoms with Gasteiger partial charge in [0.05, 0.1) is 12.2 Å². The molecule has 25 heavy (non-hydrogen) atoms. The lowest BCUT2D eigenvalue weighted by molar-refractivity contribution is 0.796. The Kier molecular flexibility index (Phi) is 5.80. The Hall–Kier alpha value is -2.66. The number of rotatable bonds is 5. The van der Waals surface area contributed by atoms with Crippen molar-refractivity contribution in [2.75, 3.05) is 7.05 Å². The minimum absolute atomic E-state index is 0.650. The van der Waals surface area contributed by atoms with Crippen LogP contribution in [0.4, 0.5) is 0 Å². The van der Waals surface area contributed by atoms with Gasteiger partial charge in [-0.25, -0.2) is 4.98 Å². The molecule has 3 aromatic rings. The topological polar surface area (TPSA) is 49.3 Å². The summed E-state index contributed by atoms with van der Waals surface area (Å²) in [4.78, 5) is 8.98. The maximum atomic E-state index is 4.69. The lowest BCUT2D eigenvalue weighted by Gasteiger charge is -2.12. The summed E-state index contributed by atoms with van der Waals surface area (Å²) >= 11 is 1.66. The average Bonchev–Trinajstić information content (AvgIpc) is 3.13. The van der Waals surface area contributed by atoms with Crippen molar-refractivity contribution in [2.45, 2.75) is 20.0 Å². The van der Waals surface area contributed by atoms with Crippen LogP contribution in [0.3, 0.4) is 0 Å². The molecule has 4 nitrogen and oxygen atoms in total. The van der Waals surface area contributed by atoms with Crippen LogP contribution in [0.5, 0.6) is 0 Å². The normalized spacial score (nSPS) is 11.4. The number of hydrogen-bond acceptors (Lipinski definition) is 3. The third-order valence-electron chi connectivity index (χ3n) is 3.94. The summed E-state index contributed by atoms with van der Waals surface area (Å²) in [7, 11) is 1.78. The number of benzene rings is 2. The highest BCUT2D eigenvalue weighted by Gasteiger charge is 2.05. The molecule has 0 saturated carbocycles. The van der Waals surface area contributed by atoms with Crippen LogP contribution in [0.2, 0.25) is 0 Å². The van der Waals surface area contributed by atoms with Gasteiger partial charge in [0.15, 0.2) is 5.96 Å². The molecule has 0 unspecified atom stereocenters. The number of aliphatic imine (C=N–C) groups is 1. The molecule has 0 aliphatic heterocycles. The quantitative estimate of drug-likeness (QED) is 0.540. The number of nitrogens with zero attached hydrogens (tertiary/aromatic N) is 2. The fourth-order valence-corrected chi connectivity index (χ4v) is 3.31. The molecule has 0 amide bonds. The summed E-state index contributed by atoms with van der Waals surface area (Å²) in [6, 6.07) is 18.6. The SMILES string of the molecule is CN=C(NCc1csc(-c2ccccc2)n1)NCc1ccccc1C. The van der Waals surface area contributed by atoms with Gasteiger partial charge in [-0.2, -0.15) is 0 Å². The van der Waals surface area contributed by atoms with Crippen molar-refractivity contribution in [3.63, 3.8) is 0 Å². The van der Waals surface area contributed by atoms with E-state index < -0.39 is 0 Å². The summed E-state index contributed by atoms with van der Waals surface area (Å²) in [5, 5.41) is 9.80. The second-order valence-corrected chi connectivity index (χ2v) is 6.57. The molecule has 0 radical (unpaired) electrons. The van der Waals surface area contributed by atoms with Gasteiger partial charge in [-0.15, -0.1) is 11.3 Å². The third kappa shape index (κ3) is 4.67. The van der Waals surface area contributed by atoms with Crippen LogP contribution in [0.15, 0.2) is 65.0 Å². The van der Waals surface area contributed by atoms with Gasteiger partial charge in [-0.3, -0.25) is 4.99 Å².